The smallest absolute Gasteiger partial charge is 0.237 e. The Hall–Kier alpha value is -2.61. The van der Waals surface area contributed by atoms with Crippen LogP contribution in [0, 0.1) is 18.3 Å². The van der Waals surface area contributed by atoms with Gasteiger partial charge in [-0.2, -0.15) is 5.26 Å². The van der Waals surface area contributed by atoms with Crippen LogP contribution in [0.2, 0.25) is 0 Å². The van der Waals surface area contributed by atoms with Gasteiger partial charge in [-0.25, -0.2) is 9.97 Å². The van der Waals surface area contributed by atoms with Crippen LogP contribution in [-0.2, 0) is 0 Å². The van der Waals surface area contributed by atoms with Crippen LogP contribution in [0.3, 0.4) is 0 Å². The van der Waals surface area contributed by atoms with E-state index >= 15 is 0 Å². The van der Waals surface area contributed by atoms with Crippen LogP contribution in [0.1, 0.15) is 36.6 Å². The average molecular weight is 268 g/mol. The molecule has 0 aliphatic rings. The number of nitrogens with two attached hydrogens (primary N) is 1. The van der Waals surface area contributed by atoms with Crippen LogP contribution >= 0.6 is 0 Å². The number of anilines is 1. The minimum absolute atomic E-state index is 0.259. The van der Waals surface area contributed by atoms with Crippen molar-refractivity contribution in [2.75, 3.05) is 5.73 Å². The number of benzene rings is 1. The molecule has 0 spiro atoms. The molecule has 1 aromatic carbocycles. The molecule has 0 unspecified atom stereocenters. The molecule has 1 aromatic heterocycles. The molecule has 5 heteroatoms. The number of hydrogen-bond donors (Lipinski definition) is 1. The van der Waals surface area contributed by atoms with E-state index in [1.54, 1.807) is 0 Å². The number of hydrogen-bond acceptors (Lipinski definition) is 5. The Balaban J connectivity index is 2.36. The van der Waals surface area contributed by atoms with Crippen molar-refractivity contribution in [3.63, 3.8) is 0 Å². The third-order valence-electron chi connectivity index (χ3n) is 2.98. The van der Waals surface area contributed by atoms with Gasteiger partial charge in [-0.15, -0.1) is 0 Å². The van der Waals surface area contributed by atoms with E-state index in [2.05, 4.69) is 23.8 Å². The van der Waals surface area contributed by atoms with Crippen molar-refractivity contribution in [1.29, 1.82) is 5.26 Å². The number of nitrogen functional groups attached to an aromatic ring is 1. The number of rotatable bonds is 3. The van der Waals surface area contributed by atoms with Gasteiger partial charge in [-0.3, -0.25) is 0 Å². The van der Waals surface area contributed by atoms with Crippen molar-refractivity contribution < 1.29 is 4.74 Å². The molecule has 0 bridgehead atoms. The summed E-state index contributed by atoms with van der Waals surface area (Å²) >= 11 is 0. The molecular formula is C15H16N4O. The predicted octanol–water partition coefficient (Wildman–Crippen LogP) is 3.15. The third kappa shape index (κ3) is 2.86. The highest BCUT2D eigenvalue weighted by Gasteiger charge is 2.12. The van der Waals surface area contributed by atoms with Gasteiger partial charge in [0.15, 0.2) is 5.69 Å². The van der Waals surface area contributed by atoms with Crippen LogP contribution in [0.15, 0.2) is 24.5 Å². The van der Waals surface area contributed by atoms with Gasteiger partial charge in [0, 0.05) is 5.69 Å². The summed E-state index contributed by atoms with van der Waals surface area (Å²) in [6.45, 7) is 6.07. The zero-order valence-electron chi connectivity index (χ0n) is 11.7. The molecule has 0 aliphatic carbocycles. The van der Waals surface area contributed by atoms with Crippen LogP contribution in [-0.4, -0.2) is 9.97 Å². The molecule has 0 fully saturated rings. The van der Waals surface area contributed by atoms with E-state index in [1.165, 1.54) is 12.4 Å². The fourth-order valence-corrected chi connectivity index (χ4v) is 1.79. The van der Waals surface area contributed by atoms with Crippen molar-refractivity contribution in [2.24, 2.45) is 0 Å². The first kappa shape index (κ1) is 13.8. The normalized spacial score (nSPS) is 10.3. The SMILES string of the molecule is Cc1cc(Oc2cnc(C#N)cn2)c(C(C)C)cc1N. The van der Waals surface area contributed by atoms with E-state index < -0.39 is 0 Å². The number of nitriles is 1. The van der Waals surface area contributed by atoms with Crippen LogP contribution in [0.4, 0.5) is 5.69 Å². The van der Waals surface area contributed by atoms with Gasteiger partial charge in [-0.05, 0) is 36.1 Å². The summed E-state index contributed by atoms with van der Waals surface area (Å²) < 4.78 is 5.77. The van der Waals surface area contributed by atoms with Crippen molar-refractivity contribution in [2.45, 2.75) is 26.7 Å². The molecule has 0 aliphatic heterocycles. The second-order valence-corrected chi connectivity index (χ2v) is 4.86. The lowest BCUT2D eigenvalue weighted by Crippen LogP contribution is -2.00. The Morgan fingerprint density at radius 1 is 1.25 bits per heavy atom. The van der Waals surface area contributed by atoms with Gasteiger partial charge in [0.05, 0.1) is 12.4 Å². The lowest BCUT2D eigenvalue weighted by molar-refractivity contribution is 0.451. The van der Waals surface area contributed by atoms with E-state index in [0.29, 0.717) is 11.6 Å². The number of aromatic nitrogens is 2. The minimum Gasteiger partial charge on any atom is -0.437 e. The van der Waals surface area contributed by atoms with E-state index in [0.717, 1.165) is 16.8 Å². The lowest BCUT2D eigenvalue weighted by Gasteiger charge is -2.15. The largest absolute Gasteiger partial charge is 0.437 e. The van der Waals surface area contributed by atoms with E-state index in [4.69, 9.17) is 15.7 Å². The summed E-state index contributed by atoms with van der Waals surface area (Å²) in [5, 5.41) is 8.69. The highest BCUT2D eigenvalue weighted by molar-refractivity contribution is 5.55. The zero-order chi connectivity index (χ0) is 14.7. The Labute approximate surface area is 118 Å². The molecular weight excluding hydrogens is 252 g/mol. The number of aryl methyl sites for hydroxylation is 1. The summed E-state index contributed by atoms with van der Waals surface area (Å²) in [6.07, 6.45) is 2.82. The third-order valence-corrected chi connectivity index (χ3v) is 2.98. The summed E-state index contributed by atoms with van der Waals surface area (Å²) in [5.41, 5.74) is 8.90. The van der Waals surface area contributed by atoms with Crippen molar-refractivity contribution in [3.05, 3.63) is 41.3 Å². The monoisotopic (exact) mass is 268 g/mol. The lowest BCUT2D eigenvalue weighted by atomic mass is 9.99. The summed E-state index contributed by atoms with van der Waals surface area (Å²) in [6, 6.07) is 5.73. The van der Waals surface area contributed by atoms with E-state index in [-0.39, 0.29) is 11.6 Å². The van der Waals surface area contributed by atoms with Crippen LogP contribution in [0.5, 0.6) is 11.6 Å². The molecule has 1 heterocycles. The second-order valence-electron chi connectivity index (χ2n) is 4.86. The Morgan fingerprint density at radius 3 is 2.55 bits per heavy atom. The Morgan fingerprint density at radius 2 is 2.00 bits per heavy atom. The van der Waals surface area contributed by atoms with Gasteiger partial charge >= 0.3 is 0 Å². The first-order valence-corrected chi connectivity index (χ1v) is 6.31. The maximum Gasteiger partial charge on any atom is 0.237 e. The molecule has 0 saturated carbocycles. The van der Waals surface area contributed by atoms with Crippen molar-refractivity contribution in [3.8, 4) is 17.7 Å². The van der Waals surface area contributed by atoms with Gasteiger partial charge < -0.3 is 10.5 Å². The van der Waals surface area contributed by atoms with Crippen molar-refractivity contribution >= 4 is 5.69 Å². The summed E-state index contributed by atoms with van der Waals surface area (Å²) in [5.74, 6) is 1.35. The number of nitrogens with zero attached hydrogens (tertiary/aromatic N) is 3. The van der Waals surface area contributed by atoms with E-state index in [9.17, 15) is 0 Å². The van der Waals surface area contributed by atoms with Gasteiger partial charge in [0.25, 0.3) is 0 Å². The summed E-state index contributed by atoms with van der Waals surface area (Å²) in [7, 11) is 0. The molecule has 0 atom stereocenters. The molecule has 0 saturated heterocycles. The fourth-order valence-electron chi connectivity index (χ4n) is 1.79. The van der Waals surface area contributed by atoms with Crippen LogP contribution in [0.25, 0.3) is 0 Å². The zero-order valence-corrected chi connectivity index (χ0v) is 11.7. The number of ether oxygens (including phenoxy) is 1. The predicted molar refractivity (Wildman–Crippen MR) is 76.5 cm³/mol. The van der Waals surface area contributed by atoms with Gasteiger partial charge in [0.1, 0.15) is 11.8 Å². The second kappa shape index (κ2) is 5.57. The molecule has 5 nitrogen and oxygen atoms in total. The highest BCUT2D eigenvalue weighted by atomic mass is 16.5. The molecule has 0 radical (unpaired) electrons. The molecule has 0 amide bonds. The Bertz CT molecular complexity index is 657. The fraction of sp³-hybridized carbons (Fsp3) is 0.267. The van der Waals surface area contributed by atoms with Gasteiger partial charge in [0.2, 0.25) is 5.88 Å². The first-order valence-electron chi connectivity index (χ1n) is 6.31. The standard InChI is InChI=1S/C15H16N4O/c1-9(2)12-5-13(17)10(3)4-14(12)20-15-8-18-11(6-16)7-19-15/h4-5,7-9H,17H2,1-3H3. The molecule has 2 rings (SSSR count). The highest BCUT2D eigenvalue weighted by Crippen LogP contribution is 2.33. The molecule has 2 aromatic rings. The maximum absolute atomic E-state index is 8.69. The van der Waals surface area contributed by atoms with E-state index in [1.807, 2.05) is 25.1 Å². The topological polar surface area (TPSA) is 84.8 Å². The average Bonchev–Trinajstić information content (AvgIpc) is 2.43. The molecule has 102 valence electrons. The van der Waals surface area contributed by atoms with Gasteiger partial charge in [-0.1, -0.05) is 13.8 Å². The quantitative estimate of drug-likeness (QED) is 0.864. The molecule has 20 heavy (non-hydrogen) atoms. The van der Waals surface area contributed by atoms with Crippen molar-refractivity contribution in [1.82, 2.24) is 9.97 Å². The first-order chi connectivity index (χ1) is 9.51. The molecule has 2 N–H and O–H groups in total. The van der Waals surface area contributed by atoms with Crippen LogP contribution < -0.4 is 10.5 Å². The summed E-state index contributed by atoms with van der Waals surface area (Å²) in [4.78, 5) is 7.99. The maximum atomic E-state index is 8.69. The minimum atomic E-state index is 0.259. The Kier molecular flexibility index (Phi) is 3.85.